The van der Waals surface area contributed by atoms with E-state index in [1.54, 1.807) is 12.7 Å². The molecule has 0 saturated heterocycles. The van der Waals surface area contributed by atoms with E-state index in [1.807, 2.05) is 9.80 Å². The van der Waals surface area contributed by atoms with Crippen LogP contribution in [0, 0.1) is 0 Å². The Morgan fingerprint density at radius 3 is 1.92 bits per heavy atom. The quantitative estimate of drug-likeness (QED) is 0.541. The SMILES string of the molecule is [NH]C(N1C=NCC1)N1C=NCC1. The van der Waals surface area contributed by atoms with Crippen molar-refractivity contribution < 1.29 is 0 Å². The lowest BCUT2D eigenvalue weighted by Gasteiger charge is -2.29. The molecule has 5 nitrogen and oxygen atoms in total. The van der Waals surface area contributed by atoms with Gasteiger partial charge in [-0.05, 0) is 0 Å². The van der Waals surface area contributed by atoms with Gasteiger partial charge in [0.2, 0.25) is 0 Å². The van der Waals surface area contributed by atoms with E-state index in [0.717, 1.165) is 26.2 Å². The molecule has 65 valence electrons. The third-order valence-corrected chi connectivity index (χ3v) is 2.06. The van der Waals surface area contributed by atoms with Gasteiger partial charge in [-0.1, -0.05) is 0 Å². The van der Waals surface area contributed by atoms with Gasteiger partial charge in [0.05, 0.1) is 25.8 Å². The average Bonchev–Trinajstić information content (AvgIpc) is 2.77. The monoisotopic (exact) mass is 166 g/mol. The lowest BCUT2D eigenvalue weighted by molar-refractivity contribution is 0.188. The molecule has 2 rings (SSSR count). The van der Waals surface area contributed by atoms with Crippen molar-refractivity contribution in [1.29, 1.82) is 0 Å². The van der Waals surface area contributed by atoms with Crippen LogP contribution in [0.2, 0.25) is 0 Å². The molecular formula is C7H12N5. The lowest BCUT2D eigenvalue weighted by Crippen LogP contribution is -2.47. The maximum absolute atomic E-state index is 7.84. The maximum Gasteiger partial charge on any atom is 0.172 e. The molecule has 12 heavy (non-hydrogen) atoms. The minimum Gasteiger partial charge on any atom is -0.327 e. The molecule has 0 atom stereocenters. The Bertz CT molecular complexity index is 190. The van der Waals surface area contributed by atoms with Crippen molar-refractivity contribution >= 4 is 12.7 Å². The number of hydrogen-bond acceptors (Lipinski definition) is 4. The second kappa shape index (κ2) is 3.10. The lowest BCUT2D eigenvalue weighted by atomic mass is 10.5. The molecule has 0 aliphatic carbocycles. The van der Waals surface area contributed by atoms with E-state index in [9.17, 15) is 0 Å². The molecule has 2 heterocycles. The molecule has 0 unspecified atom stereocenters. The zero-order chi connectivity index (χ0) is 8.39. The van der Waals surface area contributed by atoms with Gasteiger partial charge in [0.1, 0.15) is 0 Å². The smallest absolute Gasteiger partial charge is 0.172 e. The van der Waals surface area contributed by atoms with Crippen molar-refractivity contribution in [1.82, 2.24) is 15.5 Å². The van der Waals surface area contributed by atoms with Crippen LogP contribution in [0.3, 0.4) is 0 Å². The van der Waals surface area contributed by atoms with Crippen LogP contribution in [0.1, 0.15) is 0 Å². The third-order valence-electron chi connectivity index (χ3n) is 2.06. The largest absolute Gasteiger partial charge is 0.327 e. The van der Waals surface area contributed by atoms with E-state index in [-0.39, 0.29) is 6.29 Å². The van der Waals surface area contributed by atoms with Crippen molar-refractivity contribution in [3.8, 4) is 0 Å². The van der Waals surface area contributed by atoms with Gasteiger partial charge in [-0.15, -0.1) is 0 Å². The first kappa shape index (κ1) is 7.54. The Hall–Kier alpha value is -1.10. The molecule has 1 radical (unpaired) electrons. The van der Waals surface area contributed by atoms with Gasteiger partial charge in [0.25, 0.3) is 0 Å². The van der Waals surface area contributed by atoms with E-state index < -0.39 is 0 Å². The highest BCUT2D eigenvalue weighted by Gasteiger charge is 2.21. The fraction of sp³-hybridized carbons (Fsp3) is 0.714. The molecule has 0 aromatic heterocycles. The van der Waals surface area contributed by atoms with Crippen LogP contribution in [-0.4, -0.2) is 54.9 Å². The van der Waals surface area contributed by atoms with Crippen LogP contribution in [-0.2, 0) is 0 Å². The molecule has 0 saturated carbocycles. The molecule has 0 aromatic rings. The van der Waals surface area contributed by atoms with Crippen LogP contribution in [0.5, 0.6) is 0 Å². The van der Waals surface area contributed by atoms with Gasteiger partial charge in [-0.3, -0.25) is 9.98 Å². The summed E-state index contributed by atoms with van der Waals surface area (Å²) in [5.74, 6) is 0. The first-order valence-electron chi connectivity index (χ1n) is 4.10. The van der Waals surface area contributed by atoms with Gasteiger partial charge in [0.15, 0.2) is 6.29 Å². The van der Waals surface area contributed by atoms with Crippen molar-refractivity contribution in [2.24, 2.45) is 9.98 Å². The van der Waals surface area contributed by atoms with E-state index in [0.29, 0.717) is 0 Å². The maximum atomic E-state index is 7.84. The second-order valence-corrected chi connectivity index (χ2v) is 2.89. The summed E-state index contributed by atoms with van der Waals surface area (Å²) >= 11 is 0. The molecule has 2 aliphatic heterocycles. The molecule has 0 amide bonds. The fourth-order valence-corrected chi connectivity index (χ4v) is 1.35. The Kier molecular flexibility index (Phi) is 1.95. The van der Waals surface area contributed by atoms with E-state index in [2.05, 4.69) is 9.98 Å². The standard InChI is InChI=1S/C7H12N5/c8-7(11-3-1-9-5-11)12-4-2-10-6-12/h5-8H,1-4H2. The zero-order valence-corrected chi connectivity index (χ0v) is 6.85. The van der Waals surface area contributed by atoms with Gasteiger partial charge in [-0.25, -0.2) is 5.73 Å². The second-order valence-electron chi connectivity index (χ2n) is 2.89. The topological polar surface area (TPSA) is 55.0 Å². The van der Waals surface area contributed by atoms with E-state index >= 15 is 0 Å². The average molecular weight is 166 g/mol. The van der Waals surface area contributed by atoms with Crippen LogP contribution in [0.15, 0.2) is 9.98 Å². The molecular weight excluding hydrogens is 154 g/mol. The predicted octanol–water partition coefficient (Wildman–Crippen LogP) is -0.759. The first-order valence-corrected chi connectivity index (χ1v) is 4.10. The summed E-state index contributed by atoms with van der Waals surface area (Å²) < 4.78 is 0. The molecule has 0 bridgehead atoms. The van der Waals surface area contributed by atoms with E-state index in [4.69, 9.17) is 5.73 Å². The zero-order valence-electron chi connectivity index (χ0n) is 6.85. The summed E-state index contributed by atoms with van der Waals surface area (Å²) in [6.45, 7) is 3.36. The molecule has 2 aliphatic rings. The van der Waals surface area contributed by atoms with Gasteiger partial charge >= 0.3 is 0 Å². The number of nitrogens with zero attached hydrogens (tertiary/aromatic N) is 4. The van der Waals surface area contributed by atoms with Crippen molar-refractivity contribution in [3.05, 3.63) is 0 Å². The number of nitrogens with one attached hydrogen (secondary N) is 1. The Morgan fingerprint density at radius 1 is 1.08 bits per heavy atom. The highest BCUT2D eigenvalue weighted by Crippen LogP contribution is 2.05. The van der Waals surface area contributed by atoms with E-state index in [1.165, 1.54) is 0 Å². The van der Waals surface area contributed by atoms with Crippen LogP contribution in [0.4, 0.5) is 0 Å². The molecule has 0 aromatic carbocycles. The van der Waals surface area contributed by atoms with Crippen LogP contribution < -0.4 is 5.73 Å². The highest BCUT2D eigenvalue weighted by atomic mass is 15.4. The minimum absolute atomic E-state index is 0.331. The number of aliphatic imine (C=N–C) groups is 2. The summed E-state index contributed by atoms with van der Waals surface area (Å²) in [5.41, 5.74) is 7.84. The van der Waals surface area contributed by atoms with Crippen LogP contribution >= 0.6 is 0 Å². The van der Waals surface area contributed by atoms with Crippen molar-refractivity contribution in [3.63, 3.8) is 0 Å². The summed E-state index contributed by atoms with van der Waals surface area (Å²) in [5, 5.41) is 0. The van der Waals surface area contributed by atoms with Gasteiger partial charge in [-0.2, -0.15) is 0 Å². The van der Waals surface area contributed by atoms with Crippen molar-refractivity contribution in [2.45, 2.75) is 6.29 Å². The number of hydrogen-bond donors (Lipinski definition) is 0. The molecule has 0 spiro atoms. The Balaban J connectivity index is 1.94. The highest BCUT2D eigenvalue weighted by molar-refractivity contribution is 5.61. The third kappa shape index (κ3) is 1.27. The van der Waals surface area contributed by atoms with Gasteiger partial charge in [0, 0.05) is 13.1 Å². The molecule has 0 fully saturated rings. The Labute approximate surface area is 71.6 Å². The first-order chi connectivity index (χ1) is 5.88. The summed E-state index contributed by atoms with van der Waals surface area (Å²) in [7, 11) is 0. The number of rotatable bonds is 2. The van der Waals surface area contributed by atoms with Gasteiger partial charge < -0.3 is 9.80 Å². The normalized spacial score (nSPS) is 21.8. The fourth-order valence-electron chi connectivity index (χ4n) is 1.35. The summed E-state index contributed by atoms with van der Waals surface area (Å²) in [6, 6.07) is 0. The van der Waals surface area contributed by atoms with Crippen molar-refractivity contribution in [2.75, 3.05) is 26.2 Å². The molecule has 1 N–H and O–H groups in total. The predicted molar refractivity (Wildman–Crippen MR) is 47.0 cm³/mol. The minimum atomic E-state index is -0.331. The summed E-state index contributed by atoms with van der Waals surface area (Å²) in [4.78, 5) is 12.0. The molecule has 5 heteroatoms. The van der Waals surface area contributed by atoms with Crippen LogP contribution in [0.25, 0.3) is 0 Å². The summed E-state index contributed by atoms with van der Waals surface area (Å²) in [6.07, 6.45) is 3.18. The Morgan fingerprint density at radius 2 is 1.58 bits per heavy atom.